The minimum Gasteiger partial charge on any atom is -0.264 e. The monoisotopic (exact) mass is 338 g/mol. The fourth-order valence-corrected chi connectivity index (χ4v) is 3.83. The summed E-state index contributed by atoms with van der Waals surface area (Å²) in [7, 11) is 0. The van der Waals surface area contributed by atoms with E-state index in [1.807, 2.05) is 29.2 Å². The van der Waals surface area contributed by atoms with Crippen LogP contribution in [0.3, 0.4) is 0 Å². The zero-order valence-electron chi connectivity index (χ0n) is 12.5. The van der Waals surface area contributed by atoms with Gasteiger partial charge in [-0.2, -0.15) is 5.10 Å². The van der Waals surface area contributed by atoms with Crippen molar-refractivity contribution in [3.05, 3.63) is 55.1 Å². The van der Waals surface area contributed by atoms with E-state index in [2.05, 4.69) is 40.7 Å². The first-order chi connectivity index (χ1) is 11.3. The number of hydrogen-bond acceptors (Lipinski definition) is 5. The molecule has 0 saturated heterocycles. The lowest BCUT2D eigenvalue weighted by Crippen LogP contribution is -1.92. The van der Waals surface area contributed by atoms with Gasteiger partial charge in [-0.25, -0.2) is 4.98 Å². The standard InChI is InChI=1S/C17H14N4S2/c1-22-11-21-10-14(9-19-21)12-4-5-15-16(7-12)23-17(20-15)13-3-2-6-18-8-13/h2-10H,11H2,1H3. The van der Waals surface area contributed by atoms with Crippen molar-refractivity contribution in [1.29, 1.82) is 0 Å². The Balaban J connectivity index is 1.72. The molecule has 0 unspecified atom stereocenters. The fraction of sp³-hybridized carbons (Fsp3) is 0.118. The van der Waals surface area contributed by atoms with Gasteiger partial charge in [-0.15, -0.1) is 23.1 Å². The first-order valence-corrected chi connectivity index (χ1v) is 9.37. The molecule has 0 aliphatic carbocycles. The molecule has 0 amide bonds. The second-order valence-electron chi connectivity index (χ2n) is 5.13. The molecule has 3 heterocycles. The average molecular weight is 338 g/mol. The Bertz CT molecular complexity index is 944. The Morgan fingerprint density at radius 3 is 2.91 bits per heavy atom. The molecular weight excluding hydrogens is 324 g/mol. The number of benzene rings is 1. The van der Waals surface area contributed by atoms with E-state index in [-0.39, 0.29) is 0 Å². The highest BCUT2D eigenvalue weighted by Crippen LogP contribution is 2.32. The molecule has 4 rings (SSSR count). The number of rotatable bonds is 4. The van der Waals surface area contributed by atoms with Crippen LogP contribution >= 0.6 is 23.1 Å². The zero-order chi connectivity index (χ0) is 15.6. The van der Waals surface area contributed by atoms with Gasteiger partial charge in [0.2, 0.25) is 0 Å². The van der Waals surface area contributed by atoms with Crippen molar-refractivity contribution >= 4 is 33.3 Å². The van der Waals surface area contributed by atoms with Crippen molar-refractivity contribution in [2.24, 2.45) is 0 Å². The van der Waals surface area contributed by atoms with Crippen molar-refractivity contribution < 1.29 is 0 Å². The lowest BCUT2D eigenvalue weighted by molar-refractivity contribution is 0.752. The summed E-state index contributed by atoms with van der Waals surface area (Å²) in [6.07, 6.45) is 9.71. The van der Waals surface area contributed by atoms with Gasteiger partial charge < -0.3 is 0 Å². The Hall–Kier alpha value is -2.18. The van der Waals surface area contributed by atoms with Gasteiger partial charge in [0, 0.05) is 29.7 Å². The summed E-state index contributed by atoms with van der Waals surface area (Å²) in [6, 6.07) is 10.3. The Morgan fingerprint density at radius 1 is 1.13 bits per heavy atom. The molecule has 0 atom stereocenters. The molecule has 1 aromatic carbocycles. The molecule has 0 saturated carbocycles. The Kier molecular flexibility index (Phi) is 3.85. The molecule has 0 bridgehead atoms. The second-order valence-corrected chi connectivity index (χ2v) is 7.00. The SMILES string of the molecule is CSCn1cc(-c2ccc3nc(-c4cccnc4)sc3c2)cn1. The first kappa shape index (κ1) is 14.4. The second kappa shape index (κ2) is 6.14. The van der Waals surface area contributed by atoms with Gasteiger partial charge in [0.15, 0.2) is 0 Å². The largest absolute Gasteiger partial charge is 0.264 e. The molecule has 3 aromatic heterocycles. The minimum atomic E-state index is 0.869. The quantitative estimate of drug-likeness (QED) is 0.548. The maximum Gasteiger partial charge on any atom is 0.126 e. The summed E-state index contributed by atoms with van der Waals surface area (Å²) in [5.41, 5.74) is 4.39. The summed E-state index contributed by atoms with van der Waals surface area (Å²) in [5.74, 6) is 0.869. The van der Waals surface area contributed by atoms with Gasteiger partial charge in [-0.1, -0.05) is 6.07 Å². The molecule has 4 nitrogen and oxygen atoms in total. The summed E-state index contributed by atoms with van der Waals surface area (Å²) in [6.45, 7) is 0. The molecule has 0 N–H and O–H groups in total. The van der Waals surface area contributed by atoms with E-state index in [1.165, 1.54) is 10.3 Å². The Morgan fingerprint density at radius 2 is 2.09 bits per heavy atom. The maximum atomic E-state index is 4.71. The maximum absolute atomic E-state index is 4.71. The van der Waals surface area contributed by atoms with E-state index < -0.39 is 0 Å². The molecule has 0 spiro atoms. The predicted molar refractivity (Wildman–Crippen MR) is 97.6 cm³/mol. The van der Waals surface area contributed by atoms with Crippen LogP contribution in [0.15, 0.2) is 55.1 Å². The van der Waals surface area contributed by atoms with Crippen molar-refractivity contribution in [2.75, 3.05) is 6.26 Å². The molecule has 23 heavy (non-hydrogen) atoms. The topological polar surface area (TPSA) is 43.6 Å². The third-order valence-corrected chi connectivity index (χ3v) is 5.11. The Labute approximate surface area is 142 Å². The van der Waals surface area contributed by atoms with Gasteiger partial charge in [0.05, 0.1) is 22.3 Å². The molecule has 114 valence electrons. The molecule has 0 fully saturated rings. The first-order valence-electron chi connectivity index (χ1n) is 7.16. The van der Waals surface area contributed by atoms with Gasteiger partial charge in [0.25, 0.3) is 0 Å². The third-order valence-electron chi connectivity index (χ3n) is 3.52. The molecule has 0 aliphatic rings. The normalized spacial score (nSPS) is 11.2. The van der Waals surface area contributed by atoms with Crippen LogP contribution in [0.2, 0.25) is 0 Å². The number of thiazole rings is 1. The summed E-state index contributed by atoms with van der Waals surface area (Å²) < 4.78 is 3.14. The number of hydrogen-bond donors (Lipinski definition) is 0. The number of fused-ring (bicyclic) bond motifs is 1. The highest BCUT2D eigenvalue weighted by Gasteiger charge is 2.09. The highest BCUT2D eigenvalue weighted by atomic mass is 32.2. The number of nitrogens with zero attached hydrogens (tertiary/aromatic N) is 4. The van der Waals surface area contributed by atoms with E-state index in [9.17, 15) is 0 Å². The predicted octanol–water partition coefficient (Wildman–Crippen LogP) is 4.54. The molecule has 0 radical (unpaired) electrons. The third kappa shape index (κ3) is 2.87. The van der Waals surface area contributed by atoms with E-state index in [1.54, 1.807) is 29.3 Å². The van der Waals surface area contributed by atoms with Crippen molar-refractivity contribution in [1.82, 2.24) is 19.7 Å². The summed E-state index contributed by atoms with van der Waals surface area (Å²) in [4.78, 5) is 8.88. The number of pyridine rings is 1. The zero-order valence-corrected chi connectivity index (χ0v) is 14.1. The average Bonchev–Trinajstić information content (AvgIpc) is 3.22. The van der Waals surface area contributed by atoms with Crippen molar-refractivity contribution in [3.63, 3.8) is 0 Å². The highest BCUT2D eigenvalue weighted by molar-refractivity contribution is 7.97. The lowest BCUT2D eigenvalue weighted by atomic mass is 10.1. The summed E-state index contributed by atoms with van der Waals surface area (Å²) in [5, 5.41) is 5.39. The van der Waals surface area contributed by atoms with Crippen molar-refractivity contribution in [2.45, 2.75) is 5.88 Å². The smallest absolute Gasteiger partial charge is 0.126 e. The van der Waals surface area contributed by atoms with Crippen LogP contribution in [0.5, 0.6) is 0 Å². The van der Waals surface area contributed by atoms with E-state index in [4.69, 9.17) is 4.98 Å². The van der Waals surface area contributed by atoms with Gasteiger partial charge in [-0.3, -0.25) is 9.67 Å². The molecular formula is C17H14N4S2. The van der Waals surface area contributed by atoms with Gasteiger partial charge >= 0.3 is 0 Å². The van der Waals surface area contributed by atoms with Crippen LogP contribution in [0.4, 0.5) is 0 Å². The van der Waals surface area contributed by atoms with Crippen molar-refractivity contribution in [3.8, 4) is 21.7 Å². The van der Waals surface area contributed by atoms with E-state index >= 15 is 0 Å². The van der Waals surface area contributed by atoms with Crippen LogP contribution in [0, 0.1) is 0 Å². The van der Waals surface area contributed by atoms with Crippen LogP contribution in [-0.2, 0) is 5.88 Å². The van der Waals surface area contributed by atoms with Crippen LogP contribution in [0.1, 0.15) is 0 Å². The van der Waals surface area contributed by atoms with Gasteiger partial charge in [0.1, 0.15) is 5.01 Å². The van der Waals surface area contributed by atoms with Crippen LogP contribution in [-0.4, -0.2) is 26.0 Å². The molecule has 0 aliphatic heterocycles. The molecule has 4 aromatic rings. The fourth-order valence-electron chi connectivity index (χ4n) is 2.43. The van der Waals surface area contributed by atoms with Crippen LogP contribution < -0.4 is 0 Å². The van der Waals surface area contributed by atoms with E-state index in [0.717, 1.165) is 27.5 Å². The molecule has 6 heteroatoms. The van der Waals surface area contributed by atoms with Crippen LogP contribution in [0.25, 0.3) is 31.9 Å². The minimum absolute atomic E-state index is 0.869. The summed E-state index contributed by atoms with van der Waals surface area (Å²) >= 11 is 3.45. The number of aromatic nitrogens is 4. The van der Waals surface area contributed by atoms with E-state index in [0.29, 0.717) is 0 Å². The van der Waals surface area contributed by atoms with Gasteiger partial charge in [-0.05, 0) is 36.1 Å². The number of thioether (sulfide) groups is 1. The lowest BCUT2D eigenvalue weighted by Gasteiger charge is -1.97.